The zero-order valence-electron chi connectivity index (χ0n) is 10.5. The Kier molecular flexibility index (Phi) is 3.63. The standard InChI is InChI=1S/C14H15N3O/c1-11(2)17-9-14(8-16-17)18-10-13-5-3-4-12(6-13)7-15/h3-6,8-9,11H,10H2,1-2H3. The van der Waals surface area contributed by atoms with Gasteiger partial charge in [0.2, 0.25) is 0 Å². The number of aromatic nitrogens is 2. The van der Waals surface area contributed by atoms with Gasteiger partial charge < -0.3 is 4.74 Å². The molecule has 92 valence electrons. The molecule has 4 heteroatoms. The first-order chi connectivity index (χ1) is 8.69. The van der Waals surface area contributed by atoms with Crippen LogP contribution in [0.3, 0.4) is 0 Å². The second kappa shape index (κ2) is 5.37. The summed E-state index contributed by atoms with van der Waals surface area (Å²) in [4.78, 5) is 0. The van der Waals surface area contributed by atoms with Crippen LogP contribution in [0.2, 0.25) is 0 Å². The van der Waals surface area contributed by atoms with Gasteiger partial charge in [0.1, 0.15) is 6.61 Å². The first-order valence-corrected chi connectivity index (χ1v) is 5.85. The second-order valence-corrected chi connectivity index (χ2v) is 4.35. The minimum atomic E-state index is 0.323. The Morgan fingerprint density at radius 3 is 2.94 bits per heavy atom. The van der Waals surface area contributed by atoms with Crippen molar-refractivity contribution in [2.45, 2.75) is 26.5 Å². The second-order valence-electron chi connectivity index (χ2n) is 4.35. The van der Waals surface area contributed by atoms with Gasteiger partial charge in [-0.1, -0.05) is 12.1 Å². The van der Waals surface area contributed by atoms with Gasteiger partial charge in [-0.05, 0) is 31.5 Å². The van der Waals surface area contributed by atoms with Crippen molar-refractivity contribution in [2.24, 2.45) is 0 Å². The Bertz CT molecular complexity index is 566. The molecule has 0 amide bonds. The SMILES string of the molecule is CC(C)n1cc(OCc2cccc(C#N)c2)cn1. The number of hydrogen-bond acceptors (Lipinski definition) is 3. The van der Waals surface area contributed by atoms with Gasteiger partial charge in [0.05, 0.1) is 24.0 Å². The normalized spacial score (nSPS) is 10.3. The predicted octanol–water partition coefficient (Wildman–Crippen LogP) is 2.91. The summed E-state index contributed by atoms with van der Waals surface area (Å²) >= 11 is 0. The van der Waals surface area contributed by atoms with Gasteiger partial charge in [0, 0.05) is 6.04 Å². The molecule has 0 spiro atoms. The molecular formula is C14H15N3O. The lowest BCUT2D eigenvalue weighted by molar-refractivity contribution is 0.305. The van der Waals surface area contributed by atoms with Crippen LogP contribution in [0.25, 0.3) is 0 Å². The maximum Gasteiger partial charge on any atom is 0.157 e. The van der Waals surface area contributed by atoms with Gasteiger partial charge in [-0.3, -0.25) is 4.68 Å². The summed E-state index contributed by atoms with van der Waals surface area (Å²) in [5.74, 6) is 0.742. The predicted molar refractivity (Wildman–Crippen MR) is 68.1 cm³/mol. The van der Waals surface area contributed by atoms with E-state index in [0.717, 1.165) is 11.3 Å². The van der Waals surface area contributed by atoms with Crippen LogP contribution in [0.15, 0.2) is 36.7 Å². The van der Waals surface area contributed by atoms with E-state index < -0.39 is 0 Å². The smallest absolute Gasteiger partial charge is 0.157 e. The first kappa shape index (κ1) is 12.2. The van der Waals surface area contributed by atoms with Crippen molar-refractivity contribution in [2.75, 3.05) is 0 Å². The minimum absolute atomic E-state index is 0.323. The van der Waals surface area contributed by atoms with E-state index in [9.17, 15) is 0 Å². The van der Waals surface area contributed by atoms with Crippen LogP contribution in [-0.2, 0) is 6.61 Å². The molecule has 0 atom stereocenters. The van der Waals surface area contributed by atoms with Crippen LogP contribution < -0.4 is 4.74 Å². The molecule has 0 saturated carbocycles. The summed E-state index contributed by atoms with van der Waals surface area (Å²) in [5, 5.41) is 13.0. The lowest BCUT2D eigenvalue weighted by Crippen LogP contribution is -2.00. The van der Waals surface area contributed by atoms with Crippen LogP contribution in [-0.4, -0.2) is 9.78 Å². The lowest BCUT2D eigenvalue weighted by Gasteiger charge is -2.05. The van der Waals surface area contributed by atoms with Crippen LogP contribution in [0.5, 0.6) is 5.75 Å². The Labute approximate surface area is 106 Å². The van der Waals surface area contributed by atoms with Gasteiger partial charge in [0.15, 0.2) is 5.75 Å². The molecule has 0 aliphatic rings. The van der Waals surface area contributed by atoms with E-state index in [1.54, 1.807) is 12.3 Å². The summed E-state index contributed by atoms with van der Waals surface area (Å²) in [7, 11) is 0. The molecule has 0 unspecified atom stereocenters. The highest BCUT2D eigenvalue weighted by Crippen LogP contribution is 2.14. The van der Waals surface area contributed by atoms with Crippen LogP contribution in [0.1, 0.15) is 31.0 Å². The summed E-state index contributed by atoms with van der Waals surface area (Å²) in [5.41, 5.74) is 1.63. The first-order valence-electron chi connectivity index (χ1n) is 5.85. The van der Waals surface area contributed by atoms with E-state index in [-0.39, 0.29) is 0 Å². The average Bonchev–Trinajstić information content (AvgIpc) is 2.85. The number of nitrogens with zero attached hydrogens (tertiary/aromatic N) is 3. The minimum Gasteiger partial charge on any atom is -0.486 e. The highest BCUT2D eigenvalue weighted by molar-refractivity contribution is 5.32. The van der Waals surface area contributed by atoms with Gasteiger partial charge >= 0.3 is 0 Å². The number of nitriles is 1. The molecule has 0 radical (unpaired) electrons. The summed E-state index contributed by atoms with van der Waals surface area (Å²) in [6, 6.07) is 9.83. The number of hydrogen-bond donors (Lipinski definition) is 0. The molecule has 4 nitrogen and oxygen atoms in total. The fourth-order valence-corrected chi connectivity index (χ4v) is 1.57. The van der Waals surface area contributed by atoms with Crippen LogP contribution >= 0.6 is 0 Å². The molecule has 1 aromatic heterocycles. The molecule has 0 N–H and O–H groups in total. The molecule has 2 aromatic rings. The largest absolute Gasteiger partial charge is 0.486 e. The Hall–Kier alpha value is -2.28. The number of rotatable bonds is 4. The van der Waals surface area contributed by atoms with E-state index in [1.165, 1.54) is 0 Å². The van der Waals surface area contributed by atoms with Crippen molar-refractivity contribution in [3.05, 3.63) is 47.8 Å². The summed E-state index contributed by atoms with van der Waals surface area (Å²) in [6.45, 7) is 4.57. The third-order valence-electron chi connectivity index (χ3n) is 2.57. The van der Waals surface area contributed by atoms with E-state index in [1.807, 2.05) is 29.1 Å². The van der Waals surface area contributed by atoms with Crippen LogP contribution in [0.4, 0.5) is 0 Å². The molecule has 1 aromatic carbocycles. The van der Waals surface area contributed by atoms with E-state index in [4.69, 9.17) is 10.00 Å². The van der Waals surface area contributed by atoms with Crippen molar-refractivity contribution >= 4 is 0 Å². The average molecular weight is 241 g/mol. The van der Waals surface area contributed by atoms with Crippen LogP contribution in [0, 0.1) is 11.3 Å². The van der Waals surface area contributed by atoms with Gasteiger partial charge in [-0.25, -0.2) is 0 Å². The molecule has 0 saturated heterocycles. The molecule has 0 bridgehead atoms. The topological polar surface area (TPSA) is 50.8 Å². The molecular weight excluding hydrogens is 226 g/mol. The van der Waals surface area contributed by atoms with Crippen molar-refractivity contribution in [1.82, 2.24) is 9.78 Å². The third-order valence-corrected chi connectivity index (χ3v) is 2.57. The van der Waals surface area contributed by atoms with Crippen molar-refractivity contribution in [3.63, 3.8) is 0 Å². The number of ether oxygens (including phenoxy) is 1. The summed E-state index contributed by atoms with van der Waals surface area (Å²) in [6.07, 6.45) is 3.58. The zero-order chi connectivity index (χ0) is 13.0. The lowest BCUT2D eigenvalue weighted by atomic mass is 10.1. The monoisotopic (exact) mass is 241 g/mol. The Morgan fingerprint density at radius 2 is 2.28 bits per heavy atom. The highest BCUT2D eigenvalue weighted by atomic mass is 16.5. The van der Waals surface area contributed by atoms with Gasteiger partial charge in [-0.15, -0.1) is 0 Å². The molecule has 1 heterocycles. The number of benzene rings is 1. The molecule has 0 aliphatic heterocycles. The molecule has 0 aliphatic carbocycles. The molecule has 2 rings (SSSR count). The van der Waals surface area contributed by atoms with Gasteiger partial charge in [0.25, 0.3) is 0 Å². The molecule has 18 heavy (non-hydrogen) atoms. The van der Waals surface area contributed by atoms with Crippen molar-refractivity contribution in [1.29, 1.82) is 5.26 Å². The van der Waals surface area contributed by atoms with E-state index in [2.05, 4.69) is 25.0 Å². The third kappa shape index (κ3) is 2.89. The molecule has 0 fully saturated rings. The maximum atomic E-state index is 8.81. The quantitative estimate of drug-likeness (QED) is 0.827. The van der Waals surface area contributed by atoms with E-state index in [0.29, 0.717) is 18.2 Å². The summed E-state index contributed by atoms with van der Waals surface area (Å²) < 4.78 is 7.48. The Morgan fingerprint density at radius 1 is 1.44 bits per heavy atom. The van der Waals surface area contributed by atoms with E-state index >= 15 is 0 Å². The van der Waals surface area contributed by atoms with Crippen molar-refractivity contribution in [3.8, 4) is 11.8 Å². The fourth-order valence-electron chi connectivity index (χ4n) is 1.57. The fraction of sp³-hybridized carbons (Fsp3) is 0.286. The van der Waals surface area contributed by atoms with Crippen molar-refractivity contribution < 1.29 is 4.74 Å². The van der Waals surface area contributed by atoms with Gasteiger partial charge in [-0.2, -0.15) is 10.4 Å². The maximum absolute atomic E-state index is 8.81. The highest BCUT2D eigenvalue weighted by Gasteiger charge is 2.03. The zero-order valence-corrected chi connectivity index (χ0v) is 10.5. The Balaban J connectivity index is 2.00.